The molecule has 1 N–H and O–H groups in total. The van der Waals surface area contributed by atoms with Crippen molar-refractivity contribution in [2.75, 3.05) is 5.32 Å². The summed E-state index contributed by atoms with van der Waals surface area (Å²) in [6.07, 6.45) is 4.90. The van der Waals surface area contributed by atoms with Gasteiger partial charge in [0.1, 0.15) is 6.61 Å². The monoisotopic (exact) mass is 411 g/mol. The van der Waals surface area contributed by atoms with Gasteiger partial charge in [-0.1, -0.05) is 0 Å². The van der Waals surface area contributed by atoms with Crippen molar-refractivity contribution in [2.45, 2.75) is 30.6 Å². The van der Waals surface area contributed by atoms with Crippen molar-refractivity contribution in [1.29, 1.82) is 0 Å². The average Bonchev–Trinajstić information content (AvgIpc) is 2.74. The van der Waals surface area contributed by atoms with Crippen molar-refractivity contribution < 1.29 is 17.9 Å². The molecule has 0 atom stereocenters. The van der Waals surface area contributed by atoms with Gasteiger partial charge in [0, 0.05) is 24.2 Å². The van der Waals surface area contributed by atoms with Gasteiger partial charge in [0.05, 0.1) is 10.1 Å². The number of nitrogens with one attached hydrogen (secondary N) is 1. The summed E-state index contributed by atoms with van der Waals surface area (Å²) in [6.45, 7) is 3.54. The predicted molar refractivity (Wildman–Crippen MR) is 110 cm³/mol. The topological polar surface area (TPSA) is 98.2 Å². The van der Waals surface area contributed by atoms with E-state index in [9.17, 15) is 13.2 Å². The second kappa shape index (κ2) is 8.83. The maximum Gasteiger partial charge on any atom is 0.256 e. The smallest absolute Gasteiger partial charge is 0.256 e. The SMILES string of the molecule is CC(C)S(=O)(=O)c1ccc(C(=O)Nc2ncccc2OCc2ccncc2)cc1. The van der Waals surface area contributed by atoms with Crippen LogP contribution in [0.4, 0.5) is 5.82 Å². The summed E-state index contributed by atoms with van der Waals surface area (Å²) in [5, 5.41) is 2.18. The van der Waals surface area contributed by atoms with Crippen molar-refractivity contribution in [3.63, 3.8) is 0 Å². The molecule has 8 heteroatoms. The highest BCUT2D eigenvalue weighted by Crippen LogP contribution is 2.23. The zero-order chi connectivity index (χ0) is 20.9. The highest BCUT2D eigenvalue weighted by Gasteiger charge is 2.19. The van der Waals surface area contributed by atoms with E-state index in [1.807, 2.05) is 12.1 Å². The molecule has 0 aliphatic rings. The number of aromatic nitrogens is 2. The molecule has 0 aliphatic carbocycles. The Bertz CT molecular complexity index is 1080. The molecule has 0 bridgehead atoms. The first-order valence-electron chi connectivity index (χ1n) is 9.00. The summed E-state index contributed by atoms with van der Waals surface area (Å²) in [6, 6.07) is 12.9. The summed E-state index contributed by atoms with van der Waals surface area (Å²) in [4.78, 5) is 20.9. The van der Waals surface area contributed by atoms with Gasteiger partial charge in [0.2, 0.25) is 0 Å². The maximum atomic E-state index is 12.6. The molecule has 0 radical (unpaired) electrons. The summed E-state index contributed by atoms with van der Waals surface area (Å²) in [5.41, 5.74) is 1.25. The standard InChI is InChI=1S/C21H21N3O4S/c1-15(2)29(26,27)18-7-5-17(6-8-18)21(25)24-20-19(4-3-11-23-20)28-14-16-9-12-22-13-10-16/h3-13,15H,14H2,1-2H3,(H,23,24,25). The molecule has 29 heavy (non-hydrogen) atoms. The van der Waals surface area contributed by atoms with Gasteiger partial charge in [-0.25, -0.2) is 13.4 Å². The number of pyridine rings is 2. The van der Waals surface area contributed by atoms with Crippen LogP contribution in [0.5, 0.6) is 5.75 Å². The van der Waals surface area contributed by atoms with Gasteiger partial charge in [-0.05, 0) is 67.9 Å². The van der Waals surface area contributed by atoms with Crippen molar-refractivity contribution in [2.24, 2.45) is 0 Å². The maximum absolute atomic E-state index is 12.6. The highest BCUT2D eigenvalue weighted by atomic mass is 32.2. The molecule has 2 aromatic heterocycles. The fraction of sp³-hybridized carbons (Fsp3) is 0.190. The second-order valence-corrected chi connectivity index (χ2v) is 9.07. The molecule has 0 saturated carbocycles. The Kier molecular flexibility index (Phi) is 6.23. The number of hydrogen-bond acceptors (Lipinski definition) is 6. The number of carbonyl (C=O) groups excluding carboxylic acids is 1. The molecule has 7 nitrogen and oxygen atoms in total. The minimum Gasteiger partial charge on any atom is -0.485 e. The van der Waals surface area contributed by atoms with Crippen molar-refractivity contribution in [3.05, 3.63) is 78.2 Å². The molecule has 1 amide bonds. The molecule has 0 saturated heterocycles. The number of amides is 1. The minimum atomic E-state index is -3.39. The van der Waals surface area contributed by atoms with E-state index in [0.717, 1.165) is 5.56 Å². The Labute approximate surface area is 169 Å². The fourth-order valence-electron chi connectivity index (χ4n) is 2.49. The molecule has 0 unspecified atom stereocenters. The van der Waals surface area contributed by atoms with Gasteiger partial charge >= 0.3 is 0 Å². The average molecular weight is 411 g/mol. The van der Waals surface area contributed by atoms with Gasteiger partial charge in [-0.2, -0.15) is 0 Å². The molecule has 2 heterocycles. The van der Waals surface area contributed by atoms with Gasteiger partial charge in [-0.3, -0.25) is 9.78 Å². The zero-order valence-electron chi connectivity index (χ0n) is 16.1. The Morgan fingerprint density at radius 1 is 1.03 bits per heavy atom. The van der Waals surface area contributed by atoms with E-state index < -0.39 is 21.0 Å². The van der Waals surface area contributed by atoms with Crippen molar-refractivity contribution >= 4 is 21.6 Å². The van der Waals surface area contributed by atoms with Gasteiger partial charge in [0.15, 0.2) is 21.4 Å². The predicted octanol–water partition coefficient (Wildman–Crippen LogP) is 3.49. The largest absolute Gasteiger partial charge is 0.485 e. The lowest BCUT2D eigenvalue weighted by atomic mass is 10.2. The Balaban J connectivity index is 1.72. The van der Waals surface area contributed by atoms with Crippen LogP contribution < -0.4 is 10.1 Å². The van der Waals surface area contributed by atoms with Crippen LogP contribution in [0.25, 0.3) is 0 Å². The lowest BCUT2D eigenvalue weighted by Gasteiger charge is -2.12. The summed E-state index contributed by atoms with van der Waals surface area (Å²) in [5.74, 6) is 0.299. The van der Waals surface area contributed by atoms with Crippen molar-refractivity contribution in [3.8, 4) is 5.75 Å². The Hall–Kier alpha value is -3.26. The fourth-order valence-corrected chi connectivity index (χ4v) is 3.55. The third kappa shape index (κ3) is 4.97. The number of benzene rings is 1. The molecule has 1 aromatic carbocycles. The molecule has 0 fully saturated rings. The van der Waals surface area contributed by atoms with E-state index in [-0.39, 0.29) is 10.7 Å². The van der Waals surface area contributed by atoms with E-state index in [1.165, 1.54) is 24.3 Å². The normalized spacial score (nSPS) is 11.3. The van der Waals surface area contributed by atoms with E-state index in [0.29, 0.717) is 17.9 Å². The second-order valence-electron chi connectivity index (χ2n) is 6.57. The molecular formula is C21H21N3O4S. The van der Waals surface area contributed by atoms with E-state index in [1.54, 1.807) is 44.6 Å². The number of ether oxygens (including phenoxy) is 1. The highest BCUT2D eigenvalue weighted by molar-refractivity contribution is 7.92. The lowest BCUT2D eigenvalue weighted by Crippen LogP contribution is -2.16. The quantitative estimate of drug-likeness (QED) is 0.639. The molecular weight excluding hydrogens is 390 g/mol. The van der Waals surface area contributed by atoms with Crippen LogP contribution in [-0.2, 0) is 16.4 Å². The van der Waals surface area contributed by atoms with Crippen molar-refractivity contribution in [1.82, 2.24) is 9.97 Å². The van der Waals surface area contributed by atoms with Gasteiger partial charge in [0.25, 0.3) is 5.91 Å². The lowest BCUT2D eigenvalue weighted by molar-refractivity contribution is 0.102. The Morgan fingerprint density at radius 3 is 2.38 bits per heavy atom. The van der Waals surface area contributed by atoms with Crippen LogP contribution >= 0.6 is 0 Å². The summed E-state index contributed by atoms with van der Waals surface area (Å²) in [7, 11) is -3.39. The number of sulfone groups is 1. The van der Waals surface area contributed by atoms with Gasteiger partial charge in [-0.15, -0.1) is 0 Å². The van der Waals surface area contributed by atoms with Crippen LogP contribution in [0, 0.1) is 0 Å². The third-order valence-electron chi connectivity index (χ3n) is 4.21. The molecule has 0 spiro atoms. The van der Waals surface area contributed by atoms with E-state index >= 15 is 0 Å². The molecule has 0 aliphatic heterocycles. The van der Waals surface area contributed by atoms with E-state index in [4.69, 9.17) is 4.74 Å². The van der Waals surface area contributed by atoms with Gasteiger partial charge < -0.3 is 10.1 Å². The summed E-state index contributed by atoms with van der Waals surface area (Å²) < 4.78 is 30.2. The number of rotatable bonds is 7. The number of hydrogen-bond donors (Lipinski definition) is 1. The Morgan fingerprint density at radius 2 is 1.72 bits per heavy atom. The first kappa shape index (κ1) is 20.5. The van der Waals surface area contributed by atoms with E-state index in [2.05, 4.69) is 15.3 Å². The number of nitrogens with zero attached hydrogens (tertiary/aromatic N) is 2. The zero-order valence-corrected chi connectivity index (χ0v) is 16.9. The first-order valence-corrected chi connectivity index (χ1v) is 10.5. The van der Waals surface area contributed by atoms with Crippen LogP contribution in [0.15, 0.2) is 72.0 Å². The van der Waals surface area contributed by atoms with Crippen LogP contribution in [0.1, 0.15) is 29.8 Å². The molecule has 150 valence electrons. The van der Waals surface area contributed by atoms with Crippen LogP contribution in [-0.4, -0.2) is 29.5 Å². The van der Waals surface area contributed by atoms with Crippen LogP contribution in [0.3, 0.4) is 0 Å². The first-order chi connectivity index (χ1) is 13.9. The minimum absolute atomic E-state index is 0.184. The molecule has 3 rings (SSSR count). The number of carbonyl (C=O) groups is 1. The number of anilines is 1. The summed E-state index contributed by atoms with van der Waals surface area (Å²) >= 11 is 0. The molecule has 3 aromatic rings. The third-order valence-corrected chi connectivity index (χ3v) is 6.38. The van der Waals surface area contributed by atoms with Crippen LogP contribution in [0.2, 0.25) is 0 Å².